The summed E-state index contributed by atoms with van der Waals surface area (Å²) in [5.74, 6) is -1.41. The average molecular weight is 432 g/mol. The van der Waals surface area contributed by atoms with Crippen LogP contribution in [0.2, 0.25) is 0 Å². The highest BCUT2D eigenvalue weighted by Gasteiger charge is 2.35. The summed E-state index contributed by atoms with van der Waals surface area (Å²) in [7, 11) is -0.301. The molecule has 1 heterocycles. The minimum absolute atomic E-state index is 0.0588. The molecular weight excluding hydrogens is 412 g/mol. The second-order valence-electron chi connectivity index (χ2n) is 6.99. The van der Waals surface area contributed by atoms with Crippen molar-refractivity contribution in [3.8, 4) is 16.9 Å². The van der Waals surface area contributed by atoms with Gasteiger partial charge in [0.1, 0.15) is 16.5 Å². The highest BCUT2D eigenvalue weighted by Crippen LogP contribution is 2.31. The summed E-state index contributed by atoms with van der Waals surface area (Å²) in [5.41, 5.74) is 0.505. The summed E-state index contributed by atoms with van der Waals surface area (Å²) in [6, 6.07) is 8.61. The molecule has 1 aliphatic heterocycles. The Kier molecular flexibility index (Phi) is 5.88. The third kappa shape index (κ3) is 4.88. The summed E-state index contributed by atoms with van der Waals surface area (Å²) in [5, 5.41) is 0. The van der Waals surface area contributed by atoms with Crippen LogP contribution < -0.4 is 4.74 Å². The lowest BCUT2D eigenvalue weighted by molar-refractivity contribution is -0.274. The van der Waals surface area contributed by atoms with Crippen LogP contribution in [-0.4, -0.2) is 57.2 Å². The number of alkyl halides is 3. The van der Waals surface area contributed by atoms with E-state index in [-0.39, 0.29) is 23.7 Å². The van der Waals surface area contributed by atoms with Crippen molar-refractivity contribution in [2.45, 2.75) is 23.7 Å². The Morgan fingerprint density at radius 3 is 2.38 bits per heavy atom. The van der Waals surface area contributed by atoms with Crippen molar-refractivity contribution in [3.05, 3.63) is 48.3 Å². The van der Waals surface area contributed by atoms with Crippen LogP contribution in [0.4, 0.5) is 17.6 Å². The van der Waals surface area contributed by atoms with Gasteiger partial charge in [-0.2, -0.15) is 4.31 Å². The second kappa shape index (κ2) is 7.92. The molecule has 1 fully saturated rings. The van der Waals surface area contributed by atoms with E-state index in [2.05, 4.69) is 4.74 Å². The monoisotopic (exact) mass is 432 g/mol. The number of sulfonamides is 1. The predicted octanol–water partition coefficient (Wildman–Crippen LogP) is 3.72. The molecule has 1 aliphatic rings. The molecule has 5 nitrogen and oxygen atoms in total. The van der Waals surface area contributed by atoms with Crippen LogP contribution in [-0.2, 0) is 10.0 Å². The van der Waals surface area contributed by atoms with Crippen molar-refractivity contribution >= 4 is 10.0 Å². The summed E-state index contributed by atoms with van der Waals surface area (Å²) in [6.45, 7) is 0.566. The number of benzene rings is 2. The largest absolute Gasteiger partial charge is 0.573 e. The van der Waals surface area contributed by atoms with Gasteiger partial charge in [-0.1, -0.05) is 18.2 Å². The van der Waals surface area contributed by atoms with E-state index in [4.69, 9.17) is 0 Å². The zero-order valence-electron chi connectivity index (χ0n) is 15.8. The van der Waals surface area contributed by atoms with Crippen LogP contribution in [0.15, 0.2) is 47.4 Å². The number of likely N-dealkylation sites (N-methyl/N-ethyl adjacent to an activating group) is 1. The summed E-state index contributed by atoms with van der Waals surface area (Å²) >= 11 is 0. The number of halogens is 4. The lowest BCUT2D eigenvalue weighted by Crippen LogP contribution is -2.34. The topological polar surface area (TPSA) is 49.9 Å². The third-order valence-corrected chi connectivity index (χ3v) is 6.71. The molecule has 0 aromatic heterocycles. The van der Waals surface area contributed by atoms with Crippen LogP contribution >= 0.6 is 0 Å². The fourth-order valence-corrected chi connectivity index (χ4v) is 4.79. The molecule has 29 heavy (non-hydrogen) atoms. The molecule has 0 amide bonds. The van der Waals surface area contributed by atoms with Crippen LogP contribution in [0.3, 0.4) is 0 Å². The van der Waals surface area contributed by atoms with Gasteiger partial charge in [-0.3, -0.25) is 0 Å². The van der Waals surface area contributed by atoms with Gasteiger partial charge in [0.2, 0.25) is 10.0 Å². The fourth-order valence-electron chi connectivity index (χ4n) is 3.25. The Morgan fingerprint density at radius 2 is 1.79 bits per heavy atom. The predicted molar refractivity (Wildman–Crippen MR) is 99.4 cm³/mol. The van der Waals surface area contributed by atoms with Gasteiger partial charge in [0.15, 0.2) is 0 Å². The minimum atomic E-state index is -4.85. The maximum Gasteiger partial charge on any atom is 0.573 e. The maximum atomic E-state index is 14.7. The molecule has 0 unspecified atom stereocenters. The van der Waals surface area contributed by atoms with E-state index >= 15 is 0 Å². The van der Waals surface area contributed by atoms with E-state index in [1.807, 2.05) is 19.0 Å². The van der Waals surface area contributed by atoms with Gasteiger partial charge in [-0.15, -0.1) is 13.2 Å². The molecule has 0 spiro atoms. The lowest BCUT2D eigenvalue weighted by Gasteiger charge is -2.20. The second-order valence-corrected chi connectivity index (χ2v) is 8.90. The molecular formula is C19H20F4N2O3S. The number of ether oxygens (including phenoxy) is 1. The molecule has 2 aromatic rings. The number of hydrogen-bond acceptors (Lipinski definition) is 4. The highest BCUT2D eigenvalue weighted by molar-refractivity contribution is 7.89. The van der Waals surface area contributed by atoms with E-state index < -0.39 is 32.8 Å². The average Bonchev–Trinajstić information content (AvgIpc) is 3.11. The van der Waals surface area contributed by atoms with Crippen molar-refractivity contribution in [1.29, 1.82) is 0 Å². The molecule has 10 heteroatoms. The van der Waals surface area contributed by atoms with Gasteiger partial charge in [0, 0.05) is 19.1 Å². The molecule has 0 bridgehead atoms. The maximum absolute atomic E-state index is 14.7. The number of nitrogens with zero attached hydrogens (tertiary/aromatic N) is 2. The first-order chi connectivity index (χ1) is 13.5. The van der Waals surface area contributed by atoms with Gasteiger partial charge in [0.25, 0.3) is 0 Å². The van der Waals surface area contributed by atoms with Gasteiger partial charge >= 0.3 is 6.36 Å². The van der Waals surface area contributed by atoms with Crippen molar-refractivity contribution < 1.29 is 30.7 Å². The Balaban J connectivity index is 1.87. The van der Waals surface area contributed by atoms with Gasteiger partial charge in [-0.05, 0) is 55.9 Å². The Morgan fingerprint density at radius 1 is 1.10 bits per heavy atom. The first-order valence-corrected chi connectivity index (χ1v) is 10.2. The molecule has 1 saturated heterocycles. The summed E-state index contributed by atoms with van der Waals surface area (Å²) < 4.78 is 82.6. The Labute approximate surface area is 166 Å². The van der Waals surface area contributed by atoms with Gasteiger partial charge in [-0.25, -0.2) is 12.8 Å². The first-order valence-electron chi connectivity index (χ1n) is 8.80. The van der Waals surface area contributed by atoms with Gasteiger partial charge in [0.05, 0.1) is 0 Å². The zero-order chi connectivity index (χ0) is 21.4. The van der Waals surface area contributed by atoms with E-state index in [1.54, 1.807) is 0 Å². The van der Waals surface area contributed by atoms with Crippen LogP contribution in [0.5, 0.6) is 5.75 Å². The number of hydrogen-bond donors (Lipinski definition) is 0. The van der Waals surface area contributed by atoms with Crippen molar-refractivity contribution in [2.24, 2.45) is 0 Å². The first kappa shape index (κ1) is 21.5. The third-order valence-electron chi connectivity index (χ3n) is 4.81. The molecule has 158 valence electrons. The van der Waals surface area contributed by atoms with Crippen LogP contribution in [0.1, 0.15) is 6.42 Å². The molecule has 1 atom stereocenters. The van der Waals surface area contributed by atoms with E-state index in [9.17, 15) is 26.0 Å². The summed E-state index contributed by atoms with van der Waals surface area (Å²) in [6.07, 6.45) is -4.19. The molecule has 0 radical (unpaired) electrons. The molecule has 3 rings (SSSR count). The van der Waals surface area contributed by atoms with Crippen molar-refractivity contribution in [2.75, 3.05) is 27.2 Å². The molecule has 0 aliphatic carbocycles. The quantitative estimate of drug-likeness (QED) is 0.676. The number of rotatable bonds is 5. The normalized spacial score (nSPS) is 18.4. The highest BCUT2D eigenvalue weighted by atomic mass is 32.2. The zero-order valence-corrected chi connectivity index (χ0v) is 16.6. The van der Waals surface area contributed by atoms with E-state index in [1.165, 1.54) is 22.5 Å². The van der Waals surface area contributed by atoms with Crippen molar-refractivity contribution in [3.63, 3.8) is 0 Å². The molecule has 2 aromatic carbocycles. The van der Waals surface area contributed by atoms with Crippen LogP contribution in [0.25, 0.3) is 11.1 Å². The van der Waals surface area contributed by atoms with E-state index in [0.29, 0.717) is 13.0 Å². The minimum Gasteiger partial charge on any atom is -0.406 e. The SMILES string of the molecule is CN(C)[C@@H]1CCN(S(=O)(=O)c2ccc(-c3cccc(OC(F)(F)F)c3)cc2F)C1. The fraction of sp³-hybridized carbons (Fsp3) is 0.368. The van der Waals surface area contributed by atoms with E-state index in [0.717, 1.165) is 24.3 Å². The Hall–Kier alpha value is -2.17. The van der Waals surface area contributed by atoms with Crippen molar-refractivity contribution in [1.82, 2.24) is 9.21 Å². The molecule has 0 N–H and O–H groups in total. The van der Waals surface area contributed by atoms with Crippen LogP contribution in [0, 0.1) is 5.82 Å². The van der Waals surface area contributed by atoms with Gasteiger partial charge < -0.3 is 9.64 Å². The standard InChI is InChI=1S/C19H20F4N2O3S/c1-24(2)15-8-9-25(12-15)29(26,27)18-7-6-14(11-17(18)20)13-4-3-5-16(10-13)28-19(21,22)23/h3-7,10-11,15H,8-9,12H2,1-2H3/t15-/m1/s1. The molecule has 0 saturated carbocycles. The smallest absolute Gasteiger partial charge is 0.406 e. The summed E-state index contributed by atoms with van der Waals surface area (Å²) in [4.78, 5) is 1.47. The lowest BCUT2D eigenvalue weighted by atomic mass is 10.1. The Bertz CT molecular complexity index is 993.